The Morgan fingerprint density at radius 3 is 2.69 bits per heavy atom. The minimum Gasteiger partial charge on any atom is -0.383 e. The topological polar surface area (TPSA) is 24.5 Å². The van der Waals surface area contributed by atoms with E-state index in [1.165, 1.54) is 38.8 Å². The average molecular weight is 228 g/mol. The maximum absolute atomic E-state index is 5.16. The van der Waals surface area contributed by atoms with Gasteiger partial charge in [-0.2, -0.15) is 0 Å². The standard InChI is InChI=1S/C13H28N2O/c1-4-12(2)15(10-11-16-3)9-5-8-14-13-6-7-13/h12-14H,4-11H2,1-3H3. The molecule has 0 heterocycles. The summed E-state index contributed by atoms with van der Waals surface area (Å²) in [5.41, 5.74) is 0. The molecule has 0 aromatic carbocycles. The molecule has 0 aromatic heterocycles. The fourth-order valence-corrected chi connectivity index (χ4v) is 1.90. The summed E-state index contributed by atoms with van der Waals surface area (Å²) in [5, 5.41) is 3.57. The van der Waals surface area contributed by atoms with E-state index in [0.29, 0.717) is 6.04 Å². The van der Waals surface area contributed by atoms with Gasteiger partial charge in [-0.1, -0.05) is 6.92 Å². The smallest absolute Gasteiger partial charge is 0.0589 e. The zero-order valence-electron chi connectivity index (χ0n) is 11.2. The van der Waals surface area contributed by atoms with Crippen LogP contribution in [0.2, 0.25) is 0 Å². The third-order valence-corrected chi connectivity index (χ3v) is 3.43. The van der Waals surface area contributed by atoms with Crippen LogP contribution in [-0.2, 0) is 4.74 Å². The van der Waals surface area contributed by atoms with Gasteiger partial charge < -0.3 is 10.1 Å². The highest BCUT2D eigenvalue weighted by molar-refractivity contribution is 4.80. The van der Waals surface area contributed by atoms with Crippen molar-refractivity contribution < 1.29 is 4.74 Å². The molecular weight excluding hydrogens is 200 g/mol. The van der Waals surface area contributed by atoms with Crippen molar-refractivity contribution in [2.24, 2.45) is 0 Å². The normalized spacial score (nSPS) is 18.0. The van der Waals surface area contributed by atoms with E-state index in [0.717, 1.165) is 19.2 Å². The van der Waals surface area contributed by atoms with Crippen molar-refractivity contribution >= 4 is 0 Å². The van der Waals surface area contributed by atoms with Crippen LogP contribution in [0, 0.1) is 0 Å². The molecule has 1 fully saturated rings. The van der Waals surface area contributed by atoms with Crippen LogP contribution in [0.15, 0.2) is 0 Å². The van der Waals surface area contributed by atoms with Crippen LogP contribution in [0.5, 0.6) is 0 Å². The summed E-state index contributed by atoms with van der Waals surface area (Å²) >= 11 is 0. The summed E-state index contributed by atoms with van der Waals surface area (Å²) in [7, 11) is 1.78. The number of hydrogen-bond acceptors (Lipinski definition) is 3. The van der Waals surface area contributed by atoms with Crippen molar-refractivity contribution in [1.82, 2.24) is 10.2 Å². The van der Waals surface area contributed by atoms with E-state index in [1.807, 2.05) is 0 Å². The molecule has 1 unspecified atom stereocenters. The van der Waals surface area contributed by atoms with Crippen molar-refractivity contribution in [2.75, 3.05) is 33.4 Å². The first-order valence-corrected chi connectivity index (χ1v) is 6.74. The number of ether oxygens (including phenoxy) is 1. The molecule has 1 saturated carbocycles. The van der Waals surface area contributed by atoms with Gasteiger partial charge in [0.05, 0.1) is 6.61 Å². The lowest BCUT2D eigenvalue weighted by molar-refractivity contribution is 0.122. The SMILES string of the molecule is CCC(C)N(CCCNC1CC1)CCOC. The summed E-state index contributed by atoms with van der Waals surface area (Å²) in [4.78, 5) is 2.54. The second-order valence-corrected chi connectivity index (χ2v) is 4.87. The summed E-state index contributed by atoms with van der Waals surface area (Å²) < 4.78 is 5.16. The van der Waals surface area contributed by atoms with Crippen LogP contribution >= 0.6 is 0 Å². The quantitative estimate of drug-likeness (QED) is 0.578. The molecule has 0 bridgehead atoms. The van der Waals surface area contributed by atoms with Crippen LogP contribution in [-0.4, -0.2) is 50.3 Å². The molecule has 1 aliphatic carbocycles. The predicted molar refractivity (Wildman–Crippen MR) is 68.8 cm³/mol. The Bertz CT molecular complexity index is 171. The largest absolute Gasteiger partial charge is 0.383 e. The molecule has 1 N–H and O–H groups in total. The third kappa shape index (κ3) is 5.83. The average Bonchev–Trinajstić information content (AvgIpc) is 3.11. The molecule has 1 aliphatic rings. The Balaban J connectivity index is 2.08. The van der Waals surface area contributed by atoms with Crippen LogP contribution < -0.4 is 5.32 Å². The molecule has 0 amide bonds. The van der Waals surface area contributed by atoms with Gasteiger partial charge in [0.1, 0.15) is 0 Å². The highest BCUT2D eigenvalue weighted by Gasteiger charge is 2.19. The van der Waals surface area contributed by atoms with Gasteiger partial charge in [0.2, 0.25) is 0 Å². The molecule has 0 aromatic rings. The van der Waals surface area contributed by atoms with E-state index >= 15 is 0 Å². The third-order valence-electron chi connectivity index (χ3n) is 3.43. The number of methoxy groups -OCH3 is 1. The van der Waals surface area contributed by atoms with E-state index in [-0.39, 0.29) is 0 Å². The van der Waals surface area contributed by atoms with E-state index in [9.17, 15) is 0 Å². The molecule has 0 saturated heterocycles. The van der Waals surface area contributed by atoms with Crippen molar-refractivity contribution in [1.29, 1.82) is 0 Å². The first-order valence-electron chi connectivity index (χ1n) is 6.74. The Hall–Kier alpha value is -0.120. The summed E-state index contributed by atoms with van der Waals surface area (Å²) in [6, 6.07) is 1.52. The lowest BCUT2D eigenvalue weighted by Gasteiger charge is -2.28. The predicted octanol–water partition coefficient (Wildman–Crippen LogP) is 1.88. The molecule has 96 valence electrons. The molecule has 3 nitrogen and oxygen atoms in total. The van der Waals surface area contributed by atoms with Gasteiger partial charge >= 0.3 is 0 Å². The number of nitrogens with one attached hydrogen (secondary N) is 1. The minimum absolute atomic E-state index is 0.677. The molecule has 0 radical (unpaired) electrons. The minimum atomic E-state index is 0.677. The monoisotopic (exact) mass is 228 g/mol. The van der Waals surface area contributed by atoms with Crippen LogP contribution in [0.4, 0.5) is 0 Å². The van der Waals surface area contributed by atoms with Crippen LogP contribution in [0.1, 0.15) is 39.5 Å². The van der Waals surface area contributed by atoms with Gasteiger partial charge in [-0.3, -0.25) is 4.90 Å². The Morgan fingerprint density at radius 2 is 2.12 bits per heavy atom. The lowest BCUT2D eigenvalue weighted by Crippen LogP contribution is -2.37. The molecule has 0 aliphatic heterocycles. The highest BCUT2D eigenvalue weighted by atomic mass is 16.5. The van der Waals surface area contributed by atoms with Gasteiger partial charge in [-0.15, -0.1) is 0 Å². The van der Waals surface area contributed by atoms with Crippen molar-refractivity contribution in [2.45, 2.75) is 51.6 Å². The van der Waals surface area contributed by atoms with Gasteiger partial charge in [-0.25, -0.2) is 0 Å². The molecule has 1 atom stereocenters. The van der Waals surface area contributed by atoms with Crippen molar-refractivity contribution in [3.63, 3.8) is 0 Å². The fourth-order valence-electron chi connectivity index (χ4n) is 1.90. The molecule has 16 heavy (non-hydrogen) atoms. The van der Waals surface area contributed by atoms with Gasteiger partial charge in [-0.05, 0) is 45.7 Å². The second kappa shape index (κ2) is 8.04. The number of hydrogen-bond donors (Lipinski definition) is 1. The van der Waals surface area contributed by atoms with Gasteiger partial charge in [0, 0.05) is 25.7 Å². The Labute approximate surface area is 101 Å². The van der Waals surface area contributed by atoms with E-state index in [2.05, 4.69) is 24.1 Å². The molecular formula is C13H28N2O. The maximum Gasteiger partial charge on any atom is 0.0589 e. The van der Waals surface area contributed by atoms with Crippen molar-refractivity contribution in [3.8, 4) is 0 Å². The van der Waals surface area contributed by atoms with Crippen LogP contribution in [0.25, 0.3) is 0 Å². The summed E-state index contributed by atoms with van der Waals surface area (Å²) in [6.07, 6.45) is 5.25. The molecule has 0 spiro atoms. The Morgan fingerprint density at radius 1 is 1.38 bits per heavy atom. The Kier molecular flexibility index (Phi) is 7.01. The first-order chi connectivity index (χ1) is 7.77. The summed E-state index contributed by atoms with van der Waals surface area (Å²) in [5.74, 6) is 0. The van der Waals surface area contributed by atoms with Gasteiger partial charge in [0.15, 0.2) is 0 Å². The lowest BCUT2D eigenvalue weighted by atomic mass is 10.2. The zero-order valence-corrected chi connectivity index (χ0v) is 11.2. The maximum atomic E-state index is 5.16. The molecule has 3 heteroatoms. The van der Waals surface area contributed by atoms with Gasteiger partial charge in [0.25, 0.3) is 0 Å². The van der Waals surface area contributed by atoms with E-state index in [1.54, 1.807) is 7.11 Å². The van der Waals surface area contributed by atoms with E-state index in [4.69, 9.17) is 4.74 Å². The van der Waals surface area contributed by atoms with Crippen molar-refractivity contribution in [3.05, 3.63) is 0 Å². The number of rotatable bonds is 10. The highest BCUT2D eigenvalue weighted by Crippen LogP contribution is 2.18. The fraction of sp³-hybridized carbons (Fsp3) is 1.00. The molecule has 1 rings (SSSR count). The number of nitrogens with zero attached hydrogens (tertiary/aromatic N) is 1. The summed E-state index contributed by atoms with van der Waals surface area (Å²) in [6.45, 7) is 8.84. The zero-order chi connectivity index (χ0) is 11.8. The van der Waals surface area contributed by atoms with Crippen LogP contribution in [0.3, 0.4) is 0 Å². The second-order valence-electron chi connectivity index (χ2n) is 4.87. The first kappa shape index (κ1) is 13.9. The van der Waals surface area contributed by atoms with E-state index < -0.39 is 0 Å².